The van der Waals surface area contributed by atoms with E-state index in [0.717, 1.165) is 24.8 Å². The molecule has 25 heavy (non-hydrogen) atoms. The van der Waals surface area contributed by atoms with E-state index in [0.29, 0.717) is 31.7 Å². The number of rotatable bonds is 7. The normalized spacial score (nSPS) is 15.6. The molecule has 1 saturated heterocycles. The van der Waals surface area contributed by atoms with Crippen LogP contribution in [0.4, 0.5) is 0 Å². The molecule has 1 heterocycles. The summed E-state index contributed by atoms with van der Waals surface area (Å²) in [4.78, 5) is 14.6. The Bertz CT molecular complexity index is 740. The summed E-state index contributed by atoms with van der Waals surface area (Å²) >= 11 is 0. The summed E-state index contributed by atoms with van der Waals surface area (Å²) in [7, 11) is -3.56. The Labute approximate surface area is 150 Å². The first-order chi connectivity index (χ1) is 11.9. The van der Waals surface area contributed by atoms with Gasteiger partial charge in [0.2, 0.25) is 10.0 Å². The fourth-order valence-corrected chi connectivity index (χ4v) is 4.51. The number of carbonyl (C=O) groups excluding carboxylic acids is 1. The molecule has 0 radical (unpaired) electrons. The van der Waals surface area contributed by atoms with E-state index in [4.69, 9.17) is 0 Å². The molecule has 6 heteroatoms. The number of hydrogen-bond acceptors (Lipinski definition) is 3. The van der Waals surface area contributed by atoms with E-state index >= 15 is 0 Å². The molecule has 0 N–H and O–H groups in total. The average Bonchev–Trinajstić information content (AvgIpc) is 2.62. The zero-order valence-corrected chi connectivity index (χ0v) is 15.6. The maximum Gasteiger partial charge on any atom is 0.254 e. The largest absolute Gasteiger partial charge is 0.331 e. The molecule has 1 aromatic rings. The van der Waals surface area contributed by atoms with Gasteiger partial charge in [0.05, 0.1) is 4.90 Å². The molecule has 0 atom stereocenters. The SMILES string of the molecule is C=CCN(CC=C)C(=O)c1cc(S(=O)(=O)N2CCCCC2)ccc1C. The molecule has 2 rings (SSSR count). The van der Waals surface area contributed by atoms with Gasteiger partial charge in [-0.2, -0.15) is 4.31 Å². The van der Waals surface area contributed by atoms with Gasteiger partial charge in [0.15, 0.2) is 0 Å². The second kappa shape index (κ2) is 8.45. The Morgan fingerprint density at radius 1 is 1.16 bits per heavy atom. The predicted molar refractivity (Wildman–Crippen MR) is 100 cm³/mol. The number of aryl methyl sites for hydroxylation is 1. The van der Waals surface area contributed by atoms with E-state index in [1.165, 1.54) is 10.4 Å². The molecule has 136 valence electrons. The Hall–Kier alpha value is -1.92. The van der Waals surface area contributed by atoms with Crippen molar-refractivity contribution in [3.05, 3.63) is 54.6 Å². The average molecular weight is 362 g/mol. The van der Waals surface area contributed by atoms with Gasteiger partial charge in [0.1, 0.15) is 0 Å². The quantitative estimate of drug-likeness (QED) is 0.701. The summed E-state index contributed by atoms with van der Waals surface area (Å²) in [5.74, 6) is -0.215. The second-order valence-electron chi connectivity index (χ2n) is 6.23. The van der Waals surface area contributed by atoms with E-state index < -0.39 is 10.0 Å². The number of amides is 1. The Balaban J connectivity index is 2.37. The lowest BCUT2D eigenvalue weighted by molar-refractivity contribution is 0.0790. The third kappa shape index (κ3) is 4.38. The van der Waals surface area contributed by atoms with E-state index in [9.17, 15) is 13.2 Å². The van der Waals surface area contributed by atoms with E-state index in [1.54, 1.807) is 29.2 Å². The topological polar surface area (TPSA) is 57.7 Å². The highest BCUT2D eigenvalue weighted by molar-refractivity contribution is 7.89. The number of benzene rings is 1. The van der Waals surface area contributed by atoms with Gasteiger partial charge in [-0.3, -0.25) is 4.79 Å². The molecular formula is C19H26N2O3S. The van der Waals surface area contributed by atoms with Gasteiger partial charge in [-0.15, -0.1) is 13.2 Å². The van der Waals surface area contributed by atoms with Crippen molar-refractivity contribution >= 4 is 15.9 Å². The van der Waals surface area contributed by atoms with Crippen molar-refractivity contribution in [3.63, 3.8) is 0 Å². The molecule has 0 unspecified atom stereocenters. The molecule has 0 saturated carbocycles. The van der Waals surface area contributed by atoms with E-state index in [2.05, 4.69) is 13.2 Å². The molecule has 1 aliphatic heterocycles. The van der Waals surface area contributed by atoms with Crippen LogP contribution < -0.4 is 0 Å². The van der Waals surface area contributed by atoms with Crippen LogP contribution in [0, 0.1) is 6.92 Å². The molecule has 1 fully saturated rings. The number of sulfonamides is 1. The Morgan fingerprint density at radius 2 is 1.76 bits per heavy atom. The second-order valence-corrected chi connectivity index (χ2v) is 8.17. The van der Waals surface area contributed by atoms with Crippen molar-refractivity contribution < 1.29 is 13.2 Å². The van der Waals surface area contributed by atoms with Gasteiger partial charge in [-0.25, -0.2) is 8.42 Å². The summed E-state index contributed by atoms with van der Waals surface area (Å²) in [6.45, 7) is 11.0. The zero-order valence-electron chi connectivity index (χ0n) is 14.8. The fourth-order valence-electron chi connectivity index (χ4n) is 2.97. The molecule has 0 spiro atoms. The van der Waals surface area contributed by atoms with Crippen molar-refractivity contribution in [1.29, 1.82) is 0 Å². The van der Waals surface area contributed by atoms with Crippen molar-refractivity contribution in [1.82, 2.24) is 9.21 Å². The maximum atomic E-state index is 12.9. The van der Waals surface area contributed by atoms with Gasteiger partial charge in [-0.05, 0) is 37.5 Å². The molecule has 1 amide bonds. The molecule has 1 aliphatic rings. The fraction of sp³-hybridized carbons (Fsp3) is 0.421. The van der Waals surface area contributed by atoms with Gasteiger partial charge in [0, 0.05) is 31.7 Å². The lowest BCUT2D eigenvalue weighted by Crippen LogP contribution is -2.36. The summed E-state index contributed by atoms with van der Waals surface area (Å²) in [5.41, 5.74) is 1.16. The lowest BCUT2D eigenvalue weighted by atomic mass is 10.1. The highest BCUT2D eigenvalue weighted by Crippen LogP contribution is 2.23. The third-order valence-electron chi connectivity index (χ3n) is 4.38. The van der Waals surface area contributed by atoms with Gasteiger partial charge in [0.25, 0.3) is 5.91 Å². The standard InChI is InChI=1S/C19H26N2O3S/c1-4-11-20(12-5-2)19(22)18-15-17(10-9-16(18)3)25(23,24)21-13-7-6-8-14-21/h4-5,9-10,15H,1-2,6-8,11-14H2,3H3. The highest BCUT2D eigenvalue weighted by Gasteiger charge is 2.27. The zero-order chi connectivity index (χ0) is 18.4. The number of carbonyl (C=O) groups is 1. The van der Waals surface area contributed by atoms with Crippen LogP contribution in [0.3, 0.4) is 0 Å². The van der Waals surface area contributed by atoms with Crippen molar-refractivity contribution in [2.75, 3.05) is 26.2 Å². The monoisotopic (exact) mass is 362 g/mol. The number of nitrogens with zero attached hydrogens (tertiary/aromatic N) is 2. The first kappa shape index (κ1) is 19.4. The summed E-state index contributed by atoms with van der Waals surface area (Å²) in [6, 6.07) is 4.78. The lowest BCUT2D eigenvalue weighted by Gasteiger charge is -2.26. The third-order valence-corrected chi connectivity index (χ3v) is 6.27. The highest BCUT2D eigenvalue weighted by atomic mass is 32.2. The smallest absolute Gasteiger partial charge is 0.254 e. The molecule has 0 aliphatic carbocycles. The van der Waals surface area contributed by atoms with Gasteiger partial charge < -0.3 is 4.90 Å². The van der Waals surface area contributed by atoms with Crippen LogP contribution in [0.1, 0.15) is 35.2 Å². The molecule has 0 bridgehead atoms. The summed E-state index contributed by atoms with van der Waals surface area (Å²) in [6.07, 6.45) is 6.10. The van der Waals surface area contributed by atoms with Crippen LogP contribution >= 0.6 is 0 Å². The van der Waals surface area contributed by atoms with Crippen LogP contribution in [0.5, 0.6) is 0 Å². The van der Waals surface area contributed by atoms with Crippen LogP contribution in [-0.4, -0.2) is 49.7 Å². The molecule has 5 nitrogen and oxygen atoms in total. The molecule has 0 aromatic heterocycles. The van der Waals surface area contributed by atoms with Crippen LogP contribution in [-0.2, 0) is 10.0 Å². The van der Waals surface area contributed by atoms with Gasteiger partial charge in [-0.1, -0.05) is 24.6 Å². The first-order valence-corrected chi connectivity index (χ1v) is 9.97. The Morgan fingerprint density at radius 3 is 2.32 bits per heavy atom. The van der Waals surface area contributed by atoms with Crippen LogP contribution in [0.25, 0.3) is 0 Å². The van der Waals surface area contributed by atoms with Crippen molar-refractivity contribution in [2.45, 2.75) is 31.1 Å². The van der Waals surface area contributed by atoms with Crippen molar-refractivity contribution in [3.8, 4) is 0 Å². The number of piperidine rings is 1. The van der Waals surface area contributed by atoms with E-state index in [1.807, 2.05) is 6.92 Å². The summed E-state index contributed by atoms with van der Waals surface area (Å²) in [5, 5.41) is 0. The van der Waals surface area contributed by atoms with Crippen molar-refractivity contribution in [2.24, 2.45) is 0 Å². The maximum absolute atomic E-state index is 12.9. The minimum absolute atomic E-state index is 0.181. The number of hydrogen-bond donors (Lipinski definition) is 0. The van der Waals surface area contributed by atoms with Crippen LogP contribution in [0.15, 0.2) is 48.4 Å². The molecular weight excluding hydrogens is 336 g/mol. The molecule has 1 aromatic carbocycles. The minimum atomic E-state index is -3.56. The summed E-state index contributed by atoms with van der Waals surface area (Å²) < 4.78 is 27.2. The minimum Gasteiger partial charge on any atom is -0.331 e. The first-order valence-electron chi connectivity index (χ1n) is 8.53. The van der Waals surface area contributed by atoms with E-state index in [-0.39, 0.29) is 10.8 Å². The van der Waals surface area contributed by atoms with Crippen LogP contribution in [0.2, 0.25) is 0 Å². The Kier molecular flexibility index (Phi) is 6.56. The predicted octanol–water partition coefficient (Wildman–Crippen LogP) is 2.98. The van der Waals surface area contributed by atoms with Gasteiger partial charge >= 0.3 is 0 Å².